The van der Waals surface area contributed by atoms with Crippen LogP contribution in [0.15, 0.2) is 18.2 Å². The van der Waals surface area contributed by atoms with E-state index in [2.05, 4.69) is 28.8 Å². The van der Waals surface area contributed by atoms with Gasteiger partial charge in [-0.15, -0.1) is 0 Å². The summed E-state index contributed by atoms with van der Waals surface area (Å²) in [6.07, 6.45) is 0.908. The van der Waals surface area contributed by atoms with Gasteiger partial charge in [-0.25, -0.2) is 0 Å². The molecule has 0 aliphatic carbocycles. The van der Waals surface area contributed by atoms with Gasteiger partial charge in [-0.2, -0.15) is 5.01 Å². The number of hydrogen-bond donors (Lipinski definition) is 0. The first-order valence-corrected chi connectivity index (χ1v) is 8.80. The number of hydrazine groups is 1. The molecule has 0 spiro atoms. The van der Waals surface area contributed by atoms with E-state index in [1.165, 1.54) is 0 Å². The van der Waals surface area contributed by atoms with Crippen molar-refractivity contribution in [1.82, 2.24) is 9.91 Å². The van der Waals surface area contributed by atoms with E-state index in [1.54, 1.807) is 6.07 Å². The summed E-state index contributed by atoms with van der Waals surface area (Å²) in [5, 5.41) is 5.76. The molecule has 2 fully saturated rings. The molecule has 1 atom stereocenters. The van der Waals surface area contributed by atoms with Crippen LogP contribution in [0, 0.1) is 0 Å². The normalized spacial score (nSPS) is 22.2. The topological polar surface area (TPSA) is 28.2 Å². The molecule has 2 heterocycles. The monoisotopic (exact) mass is 359 g/mol. The van der Waals surface area contributed by atoms with E-state index in [1.807, 2.05) is 12.1 Å². The number of anilines is 1. The molecule has 2 saturated heterocycles. The predicted octanol–water partition coefficient (Wildman–Crippen LogP) is 3.42. The average molecular weight is 360 g/mol. The summed E-state index contributed by atoms with van der Waals surface area (Å²) in [7, 11) is 0. The first-order chi connectivity index (χ1) is 11.1. The molecule has 7 heteroatoms. The van der Waals surface area contributed by atoms with Crippen LogP contribution in [-0.4, -0.2) is 55.3 Å². The van der Waals surface area contributed by atoms with Gasteiger partial charge in [0.15, 0.2) is 6.29 Å². The van der Waals surface area contributed by atoms with Crippen molar-refractivity contribution in [2.75, 3.05) is 38.1 Å². The summed E-state index contributed by atoms with van der Waals surface area (Å²) in [5.41, 5.74) is 0.958. The number of nitrogens with zero attached hydrogens (tertiary/aromatic N) is 3. The van der Waals surface area contributed by atoms with E-state index in [4.69, 9.17) is 32.7 Å². The van der Waals surface area contributed by atoms with Crippen LogP contribution >= 0.6 is 23.2 Å². The molecule has 1 aromatic rings. The van der Waals surface area contributed by atoms with Gasteiger partial charge in [0.25, 0.3) is 0 Å². The average Bonchev–Trinajstić information content (AvgIpc) is 3.16. The Morgan fingerprint density at radius 2 is 1.96 bits per heavy atom. The Bertz CT molecular complexity index is 540. The highest BCUT2D eigenvalue weighted by Gasteiger charge is 2.37. The van der Waals surface area contributed by atoms with Gasteiger partial charge in [0, 0.05) is 11.6 Å². The number of hydrogen-bond acceptors (Lipinski definition) is 5. The highest BCUT2D eigenvalue weighted by Crippen LogP contribution is 2.33. The van der Waals surface area contributed by atoms with Gasteiger partial charge in [-0.1, -0.05) is 30.1 Å². The summed E-state index contributed by atoms with van der Waals surface area (Å²) in [4.78, 5) is 2.39. The molecule has 2 aliphatic heterocycles. The zero-order valence-electron chi connectivity index (χ0n) is 13.5. The summed E-state index contributed by atoms with van der Waals surface area (Å²) < 4.78 is 11.4. The zero-order chi connectivity index (χ0) is 16.4. The van der Waals surface area contributed by atoms with Crippen molar-refractivity contribution in [2.24, 2.45) is 0 Å². The fraction of sp³-hybridized carbons (Fsp3) is 0.625. The first kappa shape index (κ1) is 17.3. The highest BCUT2D eigenvalue weighted by atomic mass is 35.5. The molecule has 0 aromatic heterocycles. The van der Waals surface area contributed by atoms with E-state index < -0.39 is 0 Å². The molecule has 1 aromatic carbocycles. The van der Waals surface area contributed by atoms with Crippen molar-refractivity contribution >= 4 is 28.9 Å². The second-order valence-electron chi connectivity index (χ2n) is 5.96. The molecular weight excluding hydrogens is 337 g/mol. The van der Waals surface area contributed by atoms with Gasteiger partial charge >= 0.3 is 0 Å². The third-order valence-electron chi connectivity index (χ3n) is 4.23. The van der Waals surface area contributed by atoms with Gasteiger partial charge in [-0.05, 0) is 31.5 Å². The summed E-state index contributed by atoms with van der Waals surface area (Å²) >= 11 is 12.5. The lowest BCUT2D eigenvalue weighted by Gasteiger charge is -2.35. The van der Waals surface area contributed by atoms with E-state index >= 15 is 0 Å². The number of benzene rings is 1. The molecule has 5 nitrogen and oxygen atoms in total. The van der Waals surface area contributed by atoms with Crippen molar-refractivity contribution in [3.05, 3.63) is 28.2 Å². The maximum absolute atomic E-state index is 6.43. The van der Waals surface area contributed by atoms with Gasteiger partial charge < -0.3 is 9.47 Å². The van der Waals surface area contributed by atoms with Crippen LogP contribution in [0.5, 0.6) is 0 Å². The zero-order valence-corrected chi connectivity index (χ0v) is 15.1. The standard InChI is InChI=1S/C16H23Cl2N3O2/c1-3-6-19-10-20(12(2)16-22-7-8-23-16)21(11-19)15-5-4-13(17)9-14(15)18/h4-5,9,12,16H,3,6-8,10-11H2,1-2H3. The van der Waals surface area contributed by atoms with Gasteiger partial charge in [0.1, 0.15) is 0 Å². The molecule has 0 bridgehead atoms. The second-order valence-corrected chi connectivity index (χ2v) is 6.81. The van der Waals surface area contributed by atoms with E-state index in [-0.39, 0.29) is 12.3 Å². The van der Waals surface area contributed by atoms with Crippen LogP contribution in [-0.2, 0) is 9.47 Å². The second kappa shape index (κ2) is 7.55. The minimum atomic E-state index is -0.204. The van der Waals surface area contributed by atoms with Gasteiger partial charge in [0.05, 0.1) is 43.3 Å². The maximum atomic E-state index is 6.43. The van der Waals surface area contributed by atoms with Crippen molar-refractivity contribution < 1.29 is 9.47 Å². The molecule has 23 heavy (non-hydrogen) atoms. The largest absolute Gasteiger partial charge is 0.349 e. The maximum Gasteiger partial charge on any atom is 0.174 e. The molecular formula is C16H23Cl2N3O2. The first-order valence-electron chi connectivity index (χ1n) is 8.05. The van der Waals surface area contributed by atoms with Crippen LogP contribution in [0.1, 0.15) is 20.3 Å². The number of rotatable bonds is 5. The van der Waals surface area contributed by atoms with Crippen molar-refractivity contribution in [1.29, 1.82) is 0 Å². The Labute approximate surface area is 147 Å². The minimum Gasteiger partial charge on any atom is -0.349 e. The summed E-state index contributed by atoms with van der Waals surface area (Å²) in [6.45, 7) is 8.30. The third-order valence-corrected chi connectivity index (χ3v) is 4.77. The fourth-order valence-corrected chi connectivity index (χ4v) is 3.61. The van der Waals surface area contributed by atoms with Crippen LogP contribution in [0.3, 0.4) is 0 Å². The Hall–Kier alpha value is -0.560. The Morgan fingerprint density at radius 3 is 2.61 bits per heavy atom. The number of halogens is 2. The van der Waals surface area contributed by atoms with Gasteiger partial charge in [0.2, 0.25) is 0 Å². The lowest BCUT2D eigenvalue weighted by Crippen LogP contribution is -2.48. The lowest BCUT2D eigenvalue weighted by atomic mass is 10.3. The third kappa shape index (κ3) is 3.76. The molecule has 0 amide bonds. The van der Waals surface area contributed by atoms with Crippen molar-refractivity contribution in [2.45, 2.75) is 32.6 Å². The predicted molar refractivity (Wildman–Crippen MR) is 92.7 cm³/mol. The number of ether oxygens (including phenoxy) is 2. The Morgan fingerprint density at radius 1 is 1.22 bits per heavy atom. The molecule has 128 valence electrons. The van der Waals surface area contributed by atoms with E-state index in [9.17, 15) is 0 Å². The molecule has 1 unspecified atom stereocenters. The summed E-state index contributed by atoms with van der Waals surface area (Å²) in [6, 6.07) is 5.73. The molecule has 0 radical (unpaired) electrons. The smallest absolute Gasteiger partial charge is 0.174 e. The Balaban J connectivity index is 1.84. The molecule has 0 N–H and O–H groups in total. The van der Waals surface area contributed by atoms with Crippen LogP contribution in [0.25, 0.3) is 0 Å². The molecule has 0 saturated carbocycles. The summed E-state index contributed by atoms with van der Waals surface area (Å²) in [5.74, 6) is 0. The fourth-order valence-electron chi connectivity index (χ4n) is 3.10. The Kier molecular flexibility index (Phi) is 5.67. The van der Waals surface area contributed by atoms with Crippen molar-refractivity contribution in [3.63, 3.8) is 0 Å². The van der Waals surface area contributed by atoms with Crippen LogP contribution in [0.4, 0.5) is 5.69 Å². The van der Waals surface area contributed by atoms with E-state index in [0.29, 0.717) is 23.3 Å². The quantitative estimate of drug-likeness (QED) is 0.802. The van der Waals surface area contributed by atoms with Crippen LogP contribution < -0.4 is 5.01 Å². The SMILES string of the molecule is CCCN1CN(c2ccc(Cl)cc2Cl)N(C(C)C2OCCO2)C1. The minimum absolute atomic E-state index is 0.103. The lowest BCUT2D eigenvalue weighted by molar-refractivity contribution is -0.0944. The molecule has 2 aliphatic rings. The van der Waals surface area contributed by atoms with Crippen LogP contribution in [0.2, 0.25) is 10.0 Å². The van der Waals surface area contributed by atoms with Crippen molar-refractivity contribution in [3.8, 4) is 0 Å². The van der Waals surface area contributed by atoms with Gasteiger partial charge in [-0.3, -0.25) is 9.91 Å². The molecule has 3 rings (SSSR count). The highest BCUT2D eigenvalue weighted by molar-refractivity contribution is 6.36. The van der Waals surface area contributed by atoms with E-state index in [0.717, 1.165) is 32.0 Å².